The predicted molar refractivity (Wildman–Crippen MR) is 72.3 cm³/mol. The van der Waals surface area contributed by atoms with Crippen LogP contribution < -0.4 is 5.32 Å². The van der Waals surface area contributed by atoms with Crippen molar-refractivity contribution in [1.82, 2.24) is 5.32 Å². The van der Waals surface area contributed by atoms with E-state index in [0.29, 0.717) is 0 Å². The summed E-state index contributed by atoms with van der Waals surface area (Å²) in [6.45, 7) is 4.64. The SMILES string of the molecule is CC(C)(C)NC(=O)[C@@]1(C(F)(F)F)O[C@H]1C(=O)c1ccccc1. The van der Waals surface area contributed by atoms with Gasteiger partial charge in [-0.05, 0) is 20.8 Å². The Morgan fingerprint density at radius 2 is 1.68 bits per heavy atom. The Morgan fingerprint density at radius 3 is 2.14 bits per heavy atom. The lowest BCUT2D eigenvalue weighted by atomic mass is 9.95. The number of benzene rings is 1. The fourth-order valence-electron chi connectivity index (χ4n) is 2.09. The molecule has 7 heteroatoms. The van der Waals surface area contributed by atoms with E-state index < -0.39 is 35.1 Å². The van der Waals surface area contributed by atoms with Crippen molar-refractivity contribution >= 4 is 11.7 Å². The lowest BCUT2D eigenvalue weighted by Gasteiger charge is -2.24. The average molecular weight is 315 g/mol. The first-order valence-electron chi connectivity index (χ1n) is 6.65. The minimum atomic E-state index is -4.97. The van der Waals surface area contributed by atoms with E-state index in [1.807, 2.05) is 0 Å². The molecule has 1 heterocycles. The largest absolute Gasteiger partial charge is 0.429 e. The lowest BCUT2D eigenvalue weighted by molar-refractivity contribution is -0.190. The summed E-state index contributed by atoms with van der Waals surface area (Å²) in [7, 11) is 0. The van der Waals surface area contributed by atoms with E-state index >= 15 is 0 Å². The summed E-state index contributed by atoms with van der Waals surface area (Å²) in [6, 6.07) is 7.45. The van der Waals surface area contributed by atoms with Crippen molar-refractivity contribution in [2.45, 2.75) is 44.2 Å². The maximum Gasteiger partial charge on any atom is 0.429 e. The summed E-state index contributed by atoms with van der Waals surface area (Å²) < 4.78 is 44.5. The van der Waals surface area contributed by atoms with Crippen LogP contribution in [0, 0.1) is 0 Å². The third-order valence-corrected chi connectivity index (χ3v) is 3.16. The molecule has 1 fully saturated rings. The Balaban J connectivity index is 2.29. The molecule has 0 saturated carbocycles. The number of carbonyl (C=O) groups excluding carboxylic acids is 2. The molecular formula is C15H16F3NO3. The van der Waals surface area contributed by atoms with Crippen molar-refractivity contribution in [3.05, 3.63) is 35.9 Å². The number of alkyl halides is 3. The highest BCUT2D eigenvalue weighted by molar-refractivity contribution is 6.08. The zero-order valence-electron chi connectivity index (χ0n) is 12.3. The molecule has 1 amide bonds. The van der Waals surface area contributed by atoms with Crippen LogP contribution in [0.3, 0.4) is 0 Å². The third-order valence-electron chi connectivity index (χ3n) is 3.16. The van der Waals surface area contributed by atoms with E-state index in [2.05, 4.69) is 10.1 Å². The van der Waals surface area contributed by atoms with Crippen molar-refractivity contribution in [3.8, 4) is 0 Å². The van der Waals surface area contributed by atoms with Crippen LogP contribution in [0.2, 0.25) is 0 Å². The molecule has 0 bridgehead atoms. The van der Waals surface area contributed by atoms with E-state index in [1.165, 1.54) is 24.3 Å². The van der Waals surface area contributed by atoms with Crippen molar-refractivity contribution in [1.29, 1.82) is 0 Å². The number of ether oxygens (including phenoxy) is 1. The molecule has 0 spiro atoms. The molecule has 0 radical (unpaired) electrons. The van der Waals surface area contributed by atoms with Crippen molar-refractivity contribution in [2.24, 2.45) is 0 Å². The summed E-state index contributed by atoms with van der Waals surface area (Å²) in [5.41, 5.74) is -3.91. The van der Waals surface area contributed by atoms with E-state index in [1.54, 1.807) is 26.8 Å². The summed E-state index contributed by atoms with van der Waals surface area (Å²) in [5, 5.41) is 2.23. The Kier molecular flexibility index (Phi) is 3.81. The monoisotopic (exact) mass is 315 g/mol. The minimum Gasteiger partial charge on any atom is -0.349 e. The molecular weight excluding hydrogens is 299 g/mol. The van der Waals surface area contributed by atoms with E-state index in [-0.39, 0.29) is 5.56 Å². The fraction of sp³-hybridized carbons (Fsp3) is 0.467. The molecule has 1 aromatic carbocycles. The number of epoxide rings is 1. The van der Waals surface area contributed by atoms with Crippen LogP contribution >= 0.6 is 0 Å². The maximum atomic E-state index is 13.3. The van der Waals surface area contributed by atoms with Gasteiger partial charge in [-0.25, -0.2) is 0 Å². The van der Waals surface area contributed by atoms with Gasteiger partial charge in [-0.1, -0.05) is 30.3 Å². The van der Waals surface area contributed by atoms with Gasteiger partial charge < -0.3 is 10.1 Å². The van der Waals surface area contributed by atoms with Crippen LogP contribution in [0.4, 0.5) is 13.2 Å². The summed E-state index contributed by atoms with van der Waals surface area (Å²) >= 11 is 0. The molecule has 1 saturated heterocycles. The first-order valence-corrected chi connectivity index (χ1v) is 6.65. The molecule has 1 aromatic rings. The molecule has 0 unspecified atom stereocenters. The third kappa shape index (κ3) is 2.85. The van der Waals surface area contributed by atoms with Crippen LogP contribution in [-0.4, -0.2) is 35.1 Å². The summed E-state index contributed by atoms with van der Waals surface area (Å²) in [4.78, 5) is 24.2. The molecule has 2 atom stereocenters. The van der Waals surface area contributed by atoms with Gasteiger partial charge in [0.05, 0.1) is 0 Å². The van der Waals surface area contributed by atoms with Gasteiger partial charge in [0.15, 0.2) is 11.9 Å². The quantitative estimate of drug-likeness (QED) is 0.688. The Labute approximate surface area is 125 Å². The normalized spacial score (nSPS) is 24.7. The smallest absolute Gasteiger partial charge is 0.349 e. The first-order chi connectivity index (χ1) is 9.99. The average Bonchev–Trinajstić information content (AvgIpc) is 3.13. The summed E-state index contributed by atoms with van der Waals surface area (Å²) in [6.07, 6.45) is -6.82. The number of hydrogen-bond acceptors (Lipinski definition) is 3. The molecule has 2 rings (SSSR count). The van der Waals surface area contributed by atoms with E-state index in [9.17, 15) is 22.8 Å². The van der Waals surface area contributed by atoms with Crippen LogP contribution in [-0.2, 0) is 9.53 Å². The second kappa shape index (κ2) is 5.08. The highest BCUT2D eigenvalue weighted by Crippen LogP contribution is 2.51. The number of hydrogen-bond donors (Lipinski definition) is 1. The number of ketones is 1. The molecule has 120 valence electrons. The zero-order valence-corrected chi connectivity index (χ0v) is 12.3. The lowest BCUT2D eigenvalue weighted by Crippen LogP contribution is -2.55. The molecule has 1 N–H and O–H groups in total. The fourth-order valence-corrected chi connectivity index (χ4v) is 2.09. The van der Waals surface area contributed by atoms with Crippen LogP contribution in [0.15, 0.2) is 30.3 Å². The molecule has 1 aliphatic heterocycles. The topological polar surface area (TPSA) is 58.7 Å². The predicted octanol–water partition coefficient (Wildman–Crippen LogP) is 2.48. The van der Waals surface area contributed by atoms with Crippen LogP contribution in [0.25, 0.3) is 0 Å². The molecule has 22 heavy (non-hydrogen) atoms. The second-order valence-corrected chi connectivity index (χ2v) is 6.17. The van der Waals surface area contributed by atoms with Gasteiger partial charge in [-0.15, -0.1) is 0 Å². The van der Waals surface area contributed by atoms with Gasteiger partial charge in [-0.3, -0.25) is 9.59 Å². The Hall–Kier alpha value is -1.89. The number of nitrogens with one attached hydrogen (secondary N) is 1. The van der Waals surface area contributed by atoms with Gasteiger partial charge in [0.1, 0.15) is 0 Å². The number of Topliss-reactive ketones (excluding diaryl/α,β-unsaturated/α-hetero) is 1. The van der Waals surface area contributed by atoms with Gasteiger partial charge in [-0.2, -0.15) is 13.2 Å². The number of halogens is 3. The Morgan fingerprint density at radius 1 is 1.14 bits per heavy atom. The van der Waals surface area contributed by atoms with Crippen LogP contribution in [0.5, 0.6) is 0 Å². The zero-order chi connectivity index (χ0) is 16.8. The van der Waals surface area contributed by atoms with Gasteiger partial charge in [0.2, 0.25) is 0 Å². The second-order valence-electron chi connectivity index (χ2n) is 6.17. The maximum absolute atomic E-state index is 13.3. The number of carbonyl (C=O) groups is 2. The number of rotatable bonds is 3. The highest BCUT2D eigenvalue weighted by atomic mass is 19.4. The van der Waals surface area contributed by atoms with E-state index in [0.717, 1.165) is 0 Å². The molecule has 0 aromatic heterocycles. The van der Waals surface area contributed by atoms with Crippen LogP contribution in [0.1, 0.15) is 31.1 Å². The number of amides is 1. The molecule has 4 nitrogen and oxygen atoms in total. The first kappa shape index (κ1) is 16.5. The van der Waals surface area contributed by atoms with Gasteiger partial charge in [0, 0.05) is 11.1 Å². The Bertz CT molecular complexity index is 592. The van der Waals surface area contributed by atoms with Gasteiger partial charge in [0.25, 0.3) is 11.5 Å². The summed E-state index contributed by atoms with van der Waals surface area (Å²) in [5.74, 6) is -2.20. The van der Waals surface area contributed by atoms with E-state index in [4.69, 9.17) is 0 Å². The van der Waals surface area contributed by atoms with Crippen molar-refractivity contribution in [2.75, 3.05) is 0 Å². The van der Waals surface area contributed by atoms with Gasteiger partial charge >= 0.3 is 6.18 Å². The molecule has 0 aliphatic carbocycles. The van der Waals surface area contributed by atoms with Crippen molar-refractivity contribution < 1.29 is 27.5 Å². The van der Waals surface area contributed by atoms with Crippen molar-refractivity contribution in [3.63, 3.8) is 0 Å². The molecule has 1 aliphatic rings. The minimum absolute atomic E-state index is 0.0715. The standard InChI is InChI=1S/C15H16F3NO3/c1-13(2,3)19-12(21)14(15(16,17)18)11(22-14)10(20)9-7-5-4-6-8-9/h4-8,11H,1-3H3,(H,19,21)/t11-,14-/m0/s1. The highest BCUT2D eigenvalue weighted by Gasteiger charge is 2.80.